The van der Waals surface area contributed by atoms with Gasteiger partial charge in [-0.05, 0) is 45.0 Å². The maximum Gasteiger partial charge on any atom is 0.252 e. The van der Waals surface area contributed by atoms with E-state index in [4.69, 9.17) is 4.42 Å². The number of carbonyl (C=O) groups is 3. The van der Waals surface area contributed by atoms with Crippen LogP contribution in [0.5, 0.6) is 0 Å². The number of nitrogens with zero attached hydrogens (tertiary/aromatic N) is 1. The number of hydrogen-bond acceptors (Lipinski definition) is 5. The van der Waals surface area contributed by atoms with Crippen LogP contribution >= 0.6 is 11.8 Å². The molecule has 0 saturated carbocycles. The van der Waals surface area contributed by atoms with Gasteiger partial charge < -0.3 is 14.6 Å². The number of nitrogens with one attached hydrogen (secondary N) is 1. The maximum absolute atomic E-state index is 13.7. The van der Waals surface area contributed by atoms with Gasteiger partial charge in [-0.15, -0.1) is 0 Å². The second-order valence-electron chi connectivity index (χ2n) is 8.60. The third kappa shape index (κ3) is 3.82. The number of amides is 2. The topological polar surface area (TPSA) is 79.6 Å². The highest BCUT2D eigenvalue weighted by atomic mass is 32.2. The van der Waals surface area contributed by atoms with Gasteiger partial charge in [-0.3, -0.25) is 14.4 Å². The molecule has 7 heteroatoms. The zero-order valence-electron chi connectivity index (χ0n) is 19.6. The van der Waals surface area contributed by atoms with Gasteiger partial charge in [0, 0.05) is 22.4 Å². The van der Waals surface area contributed by atoms with Gasteiger partial charge in [0.25, 0.3) is 5.91 Å². The lowest BCUT2D eigenvalue weighted by Crippen LogP contribution is -2.54. The number of rotatable bonds is 5. The van der Waals surface area contributed by atoms with Crippen molar-refractivity contribution in [2.75, 3.05) is 16.8 Å². The van der Waals surface area contributed by atoms with Crippen LogP contribution in [0.2, 0.25) is 0 Å². The van der Waals surface area contributed by atoms with Crippen LogP contribution in [0, 0.1) is 6.92 Å². The van der Waals surface area contributed by atoms with Crippen LogP contribution in [0.4, 0.5) is 11.4 Å². The molecule has 0 saturated heterocycles. The van der Waals surface area contributed by atoms with Crippen molar-refractivity contribution in [2.24, 2.45) is 0 Å². The van der Waals surface area contributed by atoms with E-state index in [1.54, 1.807) is 42.2 Å². The Hall–Kier alpha value is -3.84. The number of furan rings is 1. The molecule has 5 rings (SSSR count). The SMILES string of the molecule is CCN1C(=O)C(C)(C(=O)Nc2c(C(=O)c3ccc(C)cc3)oc3ccccc23)Sc2ccccc21. The molecular weight excluding hydrogens is 460 g/mol. The fourth-order valence-electron chi connectivity index (χ4n) is 4.25. The maximum atomic E-state index is 13.7. The molecule has 1 aliphatic heterocycles. The number of para-hydroxylation sites is 2. The number of hydrogen-bond donors (Lipinski definition) is 1. The third-order valence-corrected chi connectivity index (χ3v) is 7.56. The highest BCUT2D eigenvalue weighted by molar-refractivity contribution is 8.02. The van der Waals surface area contributed by atoms with Crippen LogP contribution in [0.1, 0.15) is 35.5 Å². The Morgan fingerprint density at radius 2 is 1.69 bits per heavy atom. The van der Waals surface area contributed by atoms with E-state index in [-0.39, 0.29) is 23.1 Å². The number of aryl methyl sites for hydroxylation is 1. The Kier molecular flexibility index (Phi) is 5.73. The van der Waals surface area contributed by atoms with E-state index in [1.165, 1.54) is 11.8 Å². The molecule has 1 unspecified atom stereocenters. The molecule has 0 aliphatic carbocycles. The number of carbonyl (C=O) groups excluding carboxylic acids is 3. The molecule has 1 N–H and O–H groups in total. The summed E-state index contributed by atoms with van der Waals surface area (Å²) in [5.41, 5.74) is 3.02. The minimum absolute atomic E-state index is 0.0352. The minimum atomic E-state index is -1.42. The molecule has 1 aromatic heterocycles. The first-order valence-electron chi connectivity index (χ1n) is 11.4. The fraction of sp³-hybridized carbons (Fsp3) is 0.179. The predicted octanol–water partition coefficient (Wildman–Crippen LogP) is 5.83. The lowest BCUT2D eigenvalue weighted by molar-refractivity contribution is -0.128. The molecule has 2 amide bonds. The predicted molar refractivity (Wildman–Crippen MR) is 138 cm³/mol. The second kappa shape index (κ2) is 8.74. The average molecular weight is 485 g/mol. The summed E-state index contributed by atoms with van der Waals surface area (Å²) in [7, 11) is 0. The van der Waals surface area contributed by atoms with E-state index < -0.39 is 10.7 Å². The normalized spacial score (nSPS) is 17.3. The molecule has 1 atom stereocenters. The van der Waals surface area contributed by atoms with Crippen molar-refractivity contribution in [2.45, 2.75) is 30.4 Å². The summed E-state index contributed by atoms with van der Waals surface area (Å²) in [5.74, 6) is -1.12. The van der Waals surface area contributed by atoms with Crippen molar-refractivity contribution in [3.63, 3.8) is 0 Å². The Balaban J connectivity index is 1.56. The van der Waals surface area contributed by atoms with E-state index in [2.05, 4.69) is 5.32 Å². The minimum Gasteiger partial charge on any atom is -0.450 e. The summed E-state index contributed by atoms with van der Waals surface area (Å²) < 4.78 is 4.50. The van der Waals surface area contributed by atoms with Gasteiger partial charge in [-0.1, -0.05) is 65.9 Å². The zero-order valence-corrected chi connectivity index (χ0v) is 20.4. The van der Waals surface area contributed by atoms with Crippen LogP contribution in [-0.4, -0.2) is 28.9 Å². The highest BCUT2D eigenvalue weighted by Crippen LogP contribution is 2.46. The summed E-state index contributed by atoms with van der Waals surface area (Å²) in [4.78, 5) is 43.1. The molecule has 1 aliphatic rings. The van der Waals surface area contributed by atoms with Crippen molar-refractivity contribution >= 4 is 51.7 Å². The van der Waals surface area contributed by atoms with E-state index in [1.807, 2.05) is 56.3 Å². The molecule has 35 heavy (non-hydrogen) atoms. The molecule has 3 aromatic carbocycles. The monoisotopic (exact) mass is 484 g/mol. The number of fused-ring (bicyclic) bond motifs is 2. The third-order valence-electron chi connectivity index (χ3n) is 6.23. The summed E-state index contributed by atoms with van der Waals surface area (Å²) in [5, 5.41) is 3.49. The number of benzene rings is 3. The number of ketones is 1. The average Bonchev–Trinajstić information content (AvgIpc) is 3.23. The number of thioether (sulfide) groups is 1. The number of anilines is 2. The van der Waals surface area contributed by atoms with Gasteiger partial charge in [0.15, 0.2) is 10.5 Å². The van der Waals surface area contributed by atoms with Gasteiger partial charge >= 0.3 is 0 Å². The molecule has 0 bridgehead atoms. The zero-order chi connectivity index (χ0) is 24.7. The molecular formula is C28H24N2O4S. The van der Waals surface area contributed by atoms with Crippen LogP contribution in [0.3, 0.4) is 0 Å². The Labute approximate surface area is 207 Å². The molecule has 0 fully saturated rings. The molecule has 0 radical (unpaired) electrons. The van der Waals surface area contributed by atoms with Gasteiger partial charge in [0.05, 0.1) is 11.4 Å². The van der Waals surface area contributed by atoms with Gasteiger partial charge in [-0.25, -0.2) is 0 Å². The fourth-order valence-corrected chi connectivity index (χ4v) is 5.46. The van der Waals surface area contributed by atoms with Gasteiger partial charge in [-0.2, -0.15) is 0 Å². The molecule has 2 heterocycles. The Morgan fingerprint density at radius 1 is 1.00 bits per heavy atom. The van der Waals surface area contributed by atoms with E-state index in [0.29, 0.717) is 23.1 Å². The Bertz CT molecular complexity index is 1470. The molecule has 4 aromatic rings. The standard InChI is InChI=1S/C28H24N2O4S/c1-4-30-20-10-6-8-12-22(20)35-28(3,27(30)33)26(32)29-23-19-9-5-7-11-21(19)34-25(23)24(31)18-15-13-17(2)14-16-18/h5-16H,4H2,1-3H3,(H,29,32). The van der Waals surface area contributed by atoms with Crippen LogP contribution in [0.25, 0.3) is 11.0 Å². The summed E-state index contributed by atoms with van der Waals surface area (Å²) in [6, 6.07) is 21.8. The highest BCUT2D eigenvalue weighted by Gasteiger charge is 2.49. The molecule has 6 nitrogen and oxygen atoms in total. The van der Waals surface area contributed by atoms with E-state index in [0.717, 1.165) is 16.1 Å². The molecule has 176 valence electrons. The van der Waals surface area contributed by atoms with Crippen molar-refractivity contribution in [3.05, 3.63) is 89.7 Å². The first-order valence-corrected chi connectivity index (χ1v) is 12.2. The first-order chi connectivity index (χ1) is 16.8. The van der Waals surface area contributed by atoms with E-state index in [9.17, 15) is 14.4 Å². The van der Waals surface area contributed by atoms with Crippen molar-refractivity contribution in [3.8, 4) is 0 Å². The molecule has 0 spiro atoms. The summed E-state index contributed by atoms with van der Waals surface area (Å²) in [6.07, 6.45) is 0. The Morgan fingerprint density at radius 3 is 2.43 bits per heavy atom. The van der Waals surface area contributed by atoms with Crippen molar-refractivity contribution in [1.82, 2.24) is 0 Å². The second-order valence-corrected chi connectivity index (χ2v) is 10.1. The van der Waals surface area contributed by atoms with Crippen LogP contribution in [0.15, 0.2) is 82.1 Å². The van der Waals surface area contributed by atoms with Crippen molar-refractivity contribution in [1.29, 1.82) is 0 Å². The summed E-state index contributed by atoms with van der Waals surface area (Å²) in [6.45, 7) is 5.88. The lowest BCUT2D eigenvalue weighted by Gasteiger charge is -2.38. The summed E-state index contributed by atoms with van der Waals surface area (Å²) >= 11 is 1.22. The first kappa shape index (κ1) is 22.9. The van der Waals surface area contributed by atoms with Gasteiger partial charge in [0.1, 0.15) is 5.58 Å². The van der Waals surface area contributed by atoms with Crippen LogP contribution < -0.4 is 10.2 Å². The quantitative estimate of drug-likeness (QED) is 0.285. The van der Waals surface area contributed by atoms with Crippen molar-refractivity contribution < 1.29 is 18.8 Å². The van der Waals surface area contributed by atoms with Crippen LogP contribution in [-0.2, 0) is 9.59 Å². The smallest absolute Gasteiger partial charge is 0.252 e. The van der Waals surface area contributed by atoms with Gasteiger partial charge in [0.2, 0.25) is 11.7 Å². The largest absolute Gasteiger partial charge is 0.450 e. The lowest BCUT2D eigenvalue weighted by atomic mass is 10.0. The van der Waals surface area contributed by atoms with E-state index >= 15 is 0 Å².